The highest BCUT2D eigenvalue weighted by atomic mass is 19.1. The van der Waals surface area contributed by atoms with E-state index in [1.165, 1.54) is 6.07 Å². The molecule has 4 nitrogen and oxygen atoms in total. The fourth-order valence-electron chi connectivity index (χ4n) is 2.14. The van der Waals surface area contributed by atoms with Gasteiger partial charge in [0.1, 0.15) is 5.82 Å². The van der Waals surface area contributed by atoms with Gasteiger partial charge in [0.2, 0.25) is 0 Å². The molecule has 0 radical (unpaired) electrons. The van der Waals surface area contributed by atoms with Crippen molar-refractivity contribution in [2.24, 2.45) is 10.7 Å². The molecule has 0 unspecified atom stereocenters. The van der Waals surface area contributed by atoms with Crippen molar-refractivity contribution in [1.82, 2.24) is 0 Å². The van der Waals surface area contributed by atoms with Crippen LogP contribution in [0.2, 0.25) is 0 Å². The topological polar surface area (TPSA) is 67.5 Å². The van der Waals surface area contributed by atoms with Gasteiger partial charge < -0.3 is 11.1 Å². The van der Waals surface area contributed by atoms with E-state index in [2.05, 4.69) is 10.3 Å². The van der Waals surface area contributed by atoms with Crippen LogP contribution in [0.15, 0.2) is 53.5 Å². The molecule has 1 aliphatic heterocycles. The van der Waals surface area contributed by atoms with E-state index >= 15 is 0 Å². The Morgan fingerprint density at radius 1 is 1.05 bits per heavy atom. The number of carbonyl (C=O) groups excluding carboxylic acids is 1. The van der Waals surface area contributed by atoms with Gasteiger partial charge in [-0.25, -0.2) is 4.39 Å². The molecule has 0 bridgehead atoms. The molecule has 1 aliphatic rings. The summed E-state index contributed by atoms with van der Waals surface area (Å²) in [6.45, 7) is 0. The molecule has 0 spiro atoms. The van der Waals surface area contributed by atoms with Crippen molar-refractivity contribution < 1.29 is 9.18 Å². The summed E-state index contributed by atoms with van der Waals surface area (Å²) in [6.07, 6.45) is -1.06. The summed E-state index contributed by atoms with van der Waals surface area (Å²) in [4.78, 5) is 16.0. The quantitative estimate of drug-likeness (QED) is 0.830. The number of hydrogen-bond acceptors (Lipinski definition) is 3. The van der Waals surface area contributed by atoms with E-state index in [1.807, 2.05) is 0 Å². The predicted molar refractivity (Wildman–Crippen MR) is 75.1 cm³/mol. The van der Waals surface area contributed by atoms with E-state index in [0.29, 0.717) is 22.5 Å². The molecule has 1 amide bonds. The van der Waals surface area contributed by atoms with Crippen LogP contribution in [0.4, 0.5) is 10.1 Å². The maximum absolute atomic E-state index is 14.0. The number of nitrogens with zero attached hydrogens (tertiary/aromatic N) is 1. The number of aliphatic imine (C=N–C) groups is 1. The summed E-state index contributed by atoms with van der Waals surface area (Å²) in [7, 11) is 0. The number of para-hydroxylation sites is 1. The van der Waals surface area contributed by atoms with Gasteiger partial charge >= 0.3 is 0 Å². The molecule has 5 heteroatoms. The molecule has 0 aromatic heterocycles. The number of nitrogens with one attached hydrogen (secondary N) is 1. The largest absolute Gasteiger partial charge is 0.322 e. The van der Waals surface area contributed by atoms with Crippen LogP contribution >= 0.6 is 0 Å². The number of carbonyl (C=O) groups is 1. The lowest BCUT2D eigenvalue weighted by molar-refractivity contribution is -0.117. The Labute approximate surface area is 115 Å². The first kappa shape index (κ1) is 12.5. The second kappa shape index (κ2) is 4.86. The maximum atomic E-state index is 14.0. The van der Waals surface area contributed by atoms with Crippen LogP contribution in [-0.2, 0) is 4.79 Å². The lowest BCUT2D eigenvalue weighted by Gasteiger charge is -2.10. The maximum Gasteiger partial charge on any atom is 0.263 e. The Balaban J connectivity index is 2.25. The molecule has 0 saturated carbocycles. The summed E-state index contributed by atoms with van der Waals surface area (Å²) in [5, 5.41) is 2.69. The third-order valence-corrected chi connectivity index (χ3v) is 3.11. The normalized spacial score (nSPS) is 17.8. The summed E-state index contributed by atoms with van der Waals surface area (Å²) in [6, 6.07) is 13.4. The zero-order chi connectivity index (χ0) is 14.1. The minimum atomic E-state index is -1.06. The Hall–Kier alpha value is -2.53. The lowest BCUT2D eigenvalue weighted by Crippen LogP contribution is -2.33. The molecule has 2 aromatic carbocycles. The van der Waals surface area contributed by atoms with Gasteiger partial charge in [-0.05, 0) is 18.2 Å². The Kier molecular flexibility index (Phi) is 3.04. The van der Waals surface area contributed by atoms with Crippen molar-refractivity contribution in [1.29, 1.82) is 0 Å². The Bertz CT molecular complexity index is 712. The fraction of sp³-hybridized carbons (Fsp3) is 0.0667. The third kappa shape index (κ3) is 2.08. The number of benzodiazepines with no additional fused rings is 1. The predicted octanol–water partition coefficient (Wildman–Crippen LogP) is 1.90. The number of benzene rings is 2. The van der Waals surface area contributed by atoms with Gasteiger partial charge in [-0.3, -0.25) is 9.79 Å². The van der Waals surface area contributed by atoms with Crippen LogP contribution in [0.5, 0.6) is 0 Å². The highest BCUT2D eigenvalue weighted by Crippen LogP contribution is 2.24. The van der Waals surface area contributed by atoms with Gasteiger partial charge in [-0.15, -0.1) is 0 Å². The van der Waals surface area contributed by atoms with E-state index in [0.717, 1.165) is 0 Å². The summed E-state index contributed by atoms with van der Waals surface area (Å²) in [5.41, 5.74) is 7.65. The first-order valence-corrected chi connectivity index (χ1v) is 6.15. The van der Waals surface area contributed by atoms with Crippen LogP contribution in [0, 0.1) is 5.82 Å². The second-order valence-corrected chi connectivity index (χ2v) is 4.44. The number of amides is 1. The van der Waals surface area contributed by atoms with Crippen molar-refractivity contribution in [2.75, 3.05) is 5.32 Å². The number of halogens is 1. The van der Waals surface area contributed by atoms with E-state index in [9.17, 15) is 9.18 Å². The van der Waals surface area contributed by atoms with E-state index in [4.69, 9.17) is 5.73 Å². The molecule has 100 valence electrons. The first-order valence-electron chi connectivity index (χ1n) is 6.15. The molecule has 0 saturated heterocycles. The highest BCUT2D eigenvalue weighted by molar-refractivity contribution is 6.19. The van der Waals surface area contributed by atoms with Crippen LogP contribution in [0.3, 0.4) is 0 Å². The monoisotopic (exact) mass is 269 g/mol. The molecule has 0 fully saturated rings. The Morgan fingerprint density at radius 3 is 2.45 bits per heavy atom. The van der Waals surface area contributed by atoms with Crippen molar-refractivity contribution in [3.05, 3.63) is 65.5 Å². The Morgan fingerprint density at radius 2 is 1.70 bits per heavy atom. The zero-order valence-corrected chi connectivity index (χ0v) is 10.5. The standard InChI is InChI=1S/C15H12FN3O/c16-11-7-3-1-5-9(11)13-10-6-2-4-8-12(10)18-15(20)14(17)19-13/h1-8,14H,17H2,(H,18,20)/t14-/m1/s1. The number of nitrogens with two attached hydrogens (primary N) is 1. The van der Waals surface area contributed by atoms with Crippen molar-refractivity contribution in [2.45, 2.75) is 6.17 Å². The average Bonchev–Trinajstić information content (AvgIpc) is 2.57. The van der Waals surface area contributed by atoms with E-state index < -0.39 is 17.9 Å². The van der Waals surface area contributed by atoms with Gasteiger partial charge in [0.15, 0.2) is 6.17 Å². The van der Waals surface area contributed by atoms with Gasteiger partial charge in [-0.2, -0.15) is 0 Å². The van der Waals surface area contributed by atoms with Gasteiger partial charge in [-0.1, -0.05) is 30.3 Å². The van der Waals surface area contributed by atoms with Gasteiger partial charge in [0, 0.05) is 11.1 Å². The fourth-order valence-corrected chi connectivity index (χ4v) is 2.14. The first-order chi connectivity index (χ1) is 9.66. The van der Waals surface area contributed by atoms with Gasteiger partial charge in [0.25, 0.3) is 5.91 Å². The van der Waals surface area contributed by atoms with Crippen molar-refractivity contribution in [3.63, 3.8) is 0 Å². The van der Waals surface area contributed by atoms with Crippen LogP contribution in [-0.4, -0.2) is 17.8 Å². The van der Waals surface area contributed by atoms with Crippen LogP contribution in [0.25, 0.3) is 0 Å². The zero-order valence-electron chi connectivity index (χ0n) is 10.5. The smallest absolute Gasteiger partial charge is 0.263 e. The van der Waals surface area contributed by atoms with E-state index in [1.54, 1.807) is 42.5 Å². The van der Waals surface area contributed by atoms with Crippen molar-refractivity contribution in [3.8, 4) is 0 Å². The minimum absolute atomic E-state index is 0.326. The van der Waals surface area contributed by atoms with Crippen molar-refractivity contribution >= 4 is 17.3 Å². The van der Waals surface area contributed by atoms with E-state index in [-0.39, 0.29) is 0 Å². The minimum Gasteiger partial charge on any atom is -0.322 e. The molecule has 1 heterocycles. The molecule has 20 heavy (non-hydrogen) atoms. The lowest BCUT2D eigenvalue weighted by atomic mass is 10.0. The summed E-state index contributed by atoms with van der Waals surface area (Å²) in [5.74, 6) is -0.814. The third-order valence-electron chi connectivity index (χ3n) is 3.11. The molecular weight excluding hydrogens is 257 g/mol. The summed E-state index contributed by atoms with van der Waals surface area (Å²) >= 11 is 0. The molecule has 3 rings (SSSR count). The SMILES string of the molecule is N[C@@H]1N=C(c2ccccc2F)c2ccccc2NC1=O. The van der Waals surface area contributed by atoms with Crippen LogP contribution < -0.4 is 11.1 Å². The number of rotatable bonds is 1. The molecule has 3 N–H and O–H groups in total. The number of anilines is 1. The average molecular weight is 269 g/mol. The molecule has 2 aromatic rings. The molecule has 1 atom stereocenters. The number of fused-ring (bicyclic) bond motifs is 1. The van der Waals surface area contributed by atoms with Crippen LogP contribution in [0.1, 0.15) is 11.1 Å². The highest BCUT2D eigenvalue weighted by Gasteiger charge is 2.23. The number of hydrogen-bond donors (Lipinski definition) is 2. The summed E-state index contributed by atoms with van der Waals surface area (Å²) < 4.78 is 14.0. The molecule has 0 aliphatic carbocycles. The second-order valence-electron chi connectivity index (χ2n) is 4.44. The molecular formula is C15H12FN3O. The van der Waals surface area contributed by atoms with Gasteiger partial charge in [0.05, 0.1) is 11.4 Å².